The number of carbonyl (C=O) groups is 4. The second-order valence-corrected chi connectivity index (χ2v) is 11.5. The number of nitrogens with one attached hydrogen (secondary N) is 1. The van der Waals surface area contributed by atoms with Crippen molar-refractivity contribution < 1.29 is 19.2 Å². The predicted octanol–water partition coefficient (Wildman–Crippen LogP) is 3.53. The number of carbonyl (C=O) groups excluding carboxylic acids is 4. The van der Waals surface area contributed by atoms with Gasteiger partial charge in [0.2, 0.25) is 11.8 Å². The Bertz CT molecular complexity index is 1490. The predicted molar refractivity (Wildman–Crippen MR) is 152 cm³/mol. The monoisotopic (exact) mass is 548 g/mol. The number of fused-ring (bicyclic) bond motifs is 4. The van der Waals surface area contributed by atoms with Gasteiger partial charge in [0.05, 0.1) is 6.04 Å². The molecule has 1 N–H and O–H groups in total. The van der Waals surface area contributed by atoms with Crippen molar-refractivity contribution in [1.29, 1.82) is 0 Å². The highest BCUT2D eigenvalue weighted by atomic mass is 16.2. The van der Waals surface area contributed by atoms with Gasteiger partial charge in [-0.25, -0.2) is 0 Å². The Morgan fingerprint density at radius 2 is 1.49 bits per heavy atom. The molecule has 8 heteroatoms. The second kappa shape index (κ2) is 10.3. The molecule has 5 aliphatic heterocycles. The molecule has 41 heavy (non-hydrogen) atoms. The Kier molecular flexibility index (Phi) is 6.43. The zero-order valence-corrected chi connectivity index (χ0v) is 22.7. The van der Waals surface area contributed by atoms with Crippen molar-refractivity contribution in [2.45, 2.75) is 56.4 Å². The SMILES string of the molecule is O=C1CCC(N2Cc3cc(C(=O)N4CC5CCC4CN5C(c4ccccc4)c4ccccc4)ccc3C2=O)C(=O)N1. The standard InChI is InChI=1S/C33H32N4O4/c38-29-16-15-28(31(39)34-29)37-18-24-17-23(11-14-27(24)33(37)41)32(40)36-20-25-12-13-26(36)19-35(25)30(21-7-3-1-4-8-21)22-9-5-2-6-10-22/h1-11,14,17,25-26,28,30H,12-13,15-16,18-20H2,(H,34,38,39). The van der Waals surface area contributed by atoms with E-state index in [1.54, 1.807) is 12.1 Å². The molecule has 3 atom stereocenters. The van der Waals surface area contributed by atoms with Gasteiger partial charge in [-0.3, -0.25) is 29.4 Å². The van der Waals surface area contributed by atoms with Crippen LogP contribution in [0.25, 0.3) is 0 Å². The number of amides is 4. The summed E-state index contributed by atoms with van der Waals surface area (Å²) in [5.74, 6) is -0.979. The van der Waals surface area contributed by atoms with E-state index in [1.807, 2.05) is 23.1 Å². The van der Waals surface area contributed by atoms with Gasteiger partial charge in [-0.2, -0.15) is 0 Å². The van der Waals surface area contributed by atoms with Gasteiger partial charge < -0.3 is 9.80 Å². The zero-order valence-electron chi connectivity index (χ0n) is 22.7. The van der Waals surface area contributed by atoms with Gasteiger partial charge in [0.1, 0.15) is 6.04 Å². The van der Waals surface area contributed by atoms with Crippen LogP contribution in [0.4, 0.5) is 0 Å². The third-order valence-corrected chi connectivity index (χ3v) is 9.17. The highest BCUT2D eigenvalue weighted by molar-refractivity contribution is 6.06. The molecule has 5 aliphatic rings. The maximum Gasteiger partial charge on any atom is 0.255 e. The number of rotatable bonds is 5. The molecule has 8 nitrogen and oxygen atoms in total. The lowest BCUT2D eigenvalue weighted by Gasteiger charge is -2.54. The Hall–Kier alpha value is -4.30. The van der Waals surface area contributed by atoms with E-state index in [-0.39, 0.29) is 48.8 Å². The number of imide groups is 1. The highest BCUT2D eigenvalue weighted by Crippen LogP contribution is 2.39. The molecule has 0 aliphatic carbocycles. The average Bonchev–Trinajstić information content (AvgIpc) is 3.33. The van der Waals surface area contributed by atoms with Crippen molar-refractivity contribution in [2.75, 3.05) is 13.1 Å². The molecule has 0 spiro atoms. The number of hydrogen-bond acceptors (Lipinski definition) is 5. The third-order valence-electron chi connectivity index (χ3n) is 9.17. The van der Waals surface area contributed by atoms with Gasteiger partial charge in [0.25, 0.3) is 11.8 Å². The lowest BCUT2D eigenvalue weighted by atomic mass is 9.85. The minimum atomic E-state index is -0.669. The Labute approximate surface area is 238 Å². The normalized spacial score (nSPS) is 24.1. The number of nitrogens with zero attached hydrogens (tertiary/aromatic N) is 3. The van der Waals surface area contributed by atoms with Gasteiger partial charge >= 0.3 is 0 Å². The zero-order chi connectivity index (χ0) is 28.1. The molecule has 4 saturated heterocycles. The van der Waals surface area contributed by atoms with E-state index < -0.39 is 11.9 Å². The van der Waals surface area contributed by atoms with Crippen molar-refractivity contribution in [2.24, 2.45) is 0 Å². The van der Waals surface area contributed by atoms with Crippen LogP contribution in [0.15, 0.2) is 78.9 Å². The molecular weight excluding hydrogens is 516 g/mol. The van der Waals surface area contributed by atoms with E-state index >= 15 is 0 Å². The topological polar surface area (TPSA) is 90.0 Å². The summed E-state index contributed by atoms with van der Waals surface area (Å²) in [5, 5.41) is 2.34. The van der Waals surface area contributed by atoms with Gasteiger partial charge in [-0.15, -0.1) is 0 Å². The van der Waals surface area contributed by atoms with E-state index in [1.165, 1.54) is 16.0 Å². The summed E-state index contributed by atoms with van der Waals surface area (Å²) in [6.45, 7) is 1.73. The summed E-state index contributed by atoms with van der Waals surface area (Å²) >= 11 is 0. The van der Waals surface area contributed by atoms with Crippen molar-refractivity contribution in [3.05, 3.63) is 107 Å². The Morgan fingerprint density at radius 1 is 0.805 bits per heavy atom. The molecular formula is C33H32N4O4. The maximum atomic E-state index is 13.9. The molecule has 2 bridgehead atoms. The third kappa shape index (κ3) is 4.52. The summed E-state index contributed by atoms with van der Waals surface area (Å²) in [7, 11) is 0. The number of benzene rings is 3. The lowest BCUT2D eigenvalue weighted by molar-refractivity contribution is -0.136. The molecule has 5 heterocycles. The van der Waals surface area contributed by atoms with E-state index in [9.17, 15) is 19.2 Å². The Balaban J connectivity index is 1.10. The largest absolute Gasteiger partial charge is 0.333 e. The fraction of sp³-hybridized carbons (Fsp3) is 0.333. The van der Waals surface area contributed by atoms with Crippen molar-refractivity contribution in [3.8, 4) is 0 Å². The quantitative estimate of drug-likeness (QED) is 0.493. The number of piperazine rings is 1. The highest BCUT2D eigenvalue weighted by Gasteiger charge is 2.45. The summed E-state index contributed by atoms with van der Waals surface area (Å²) in [5.41, 5.74) is 4.36. The van der Waals surface area contributed by atoms with Gasteiger partial charge in [0.15, 0.2) is 0 Å². The minimum Gasteiger partial charge on any atom is -0.333 e. The van der Waals surface area contributed by atoms with Crippen LogP contribution in [0.2, 0.25) is 0 Å². The van der Waals surface area contributed by atoms with Crippen LogP contribution in [0.5, 0.6) is 0 Å². The first-order chi connectivity index (χ1) is 20.0. The van der Waals surface area contributed by atoms with E-state index in [4.69, 9.17) is 0 Å². The van der Waals surface area contributed by atoms with Gasteiger partial charge in [-0.1, -0.05) is 60.7 Å². The molecule has 3 aromatic carbocycles. The number of piperidine rings is 3. The minimum absolute atomic E-state index is 0.00923. The fourth-order valence-electron chi connectivity index (χ4n) is 7.15. The van der Waals surface area contributed by atoms with E-state index in [0.717, 1.165) is 24.9 Å². The van der Waals surface area contributed by atoms with Crippen molar-refractivity contribution in [1.82, 2.24) is 20.0 Å². The first kappa shape index (κ1) is 25.7. The van der Waals surface area contributed by atoms with Gasteiger partial charge in [0, 0.05) is 49.3 Å². The molecule has 0 saturated carbocycles. The average molecular weight is 549 g/mol. The Morgan fingerprint density at radius 3 is 2.12 bits per heavy atom. The lowest BCUT2D eigenvalue weighted by Crippen LogP contribution is -2.64. The van der Waals surface area contributed by atoms with Crippen LogP contribution < -0.4 is 5.32 Å². The van der Waals surface area contributed by atoms with Crippen LogP contribution >= 0.6 is 0 Å². The molecule has 4 amide bonds. The fourth-order valence-corrected chi connectivity index (χ4v) is 7.15. The first-order valence-electron chi connectivity index (χ1n) is 14.4. The first-order valence-corrected chi connectivity index (χ1v) is 14.4. The molecule has 0 radical (unpaired) electrons. The molecule has 3 aromatic rings. The van der Waals surface area contributed by atoms with Crippen molar-refractivity contribution in [3.63, 3.8) is 0 Å². The summed E-state index contributed by atoms with van der Waals surface area (Å²) in [4.78, 5) is 57.1. The van der Waals surface area contributed by atoms with E-state index in [0.29, 0.717) is 24.1 Å². The second-order valence-electron chi connectivity index (χ2n) is 11.5. The van der Waals surface area contributed by atoms with Crippen LogP contribution in [0, 0.1) is 0 Å². The van der Waals surface area contributed by atoms with Crippen LogP contribution in [-0.4, -0.2) is 69.5 Å². The van der Waals surface area contributed by atoms with E-state index in [2.05, 4.69) is 58.7 Å². The molecule has 4 fully saturated rings. The van der Waals surface area contributed by atoms with Crippen LogP contribution in [-0.2, 0) is 16.1 Å². The molecule has 0 aromatic heterocycles. The smallest absolute Gasteiger partial charge is 0.255 e. The summed E-state index contributed by atoms with van der Waals surface area (Å²) in [6.07, 6.45) is 2.54. The van der Waals surface area contributed by atoms with Crippen molar-refractivity contribution >= 4 is 23.6 Å². The van der Waals surface area contributed by atoms with Gasteiger partial charge in [-0.05, 0) is 54.2 Å². The van der Waals surface area contributed by atoms with Crippen LogP contribution in [0.3, 0.4) is 0 Å². The molecule has 3 unspecified atom stereocenters. The molecule has 8 rings (SSSR count). The summed E-state index contributed by atoms with van der Waals surface area (Å²) in [6, 6.07) is 26.3. The summed E-state index contributed by atoms with van der Waals surface area (Å²) < 4.78 is 0. The number of hydrogen-bond donors (Lipinski definition) is 1. The molecule has 208 valence electrons. The maximum absolute atomic E-state index is 13.9. The van der Waals surface area contributed by atoms with Crippen LogP contribution in [0.1, 0.15) is 69.1 Å².